The van der Waals surface area contributed by atoms with Crippen LogP contribution in [0, 0.1) is 18.7 Å². The number of carbonyl (C=O) groups is 1. The van der Waals surface area contributed by atoms with Crippen LogP contribution in [0.25, 0.3) is 0 Å². The highest BCUT2D eigenvalue weighted by Gasteiger charge is 2.65. The van der Waals surface area contributed by atoms with E-state index in [0.717, 1.165) is 13.0 Å². The van der Waals surface area contributed by atoms with Gasteiger partial charge in [0.15, 0.2) is 11.4 Å². The standard InChI is InChI=1S/C26H30F4N2O5/c1-13-17(27)9-8-16(21(13)34-6)20-14(2)25(5,26(28,29)30)37-22(20)23(33)32-15-7-10-18(31-11-15)19-12-35-24(3,4)36-19/h7-11,14,19-20,22H,12H2,1-6H3,(H,32,33)/t14-,19+,20?,22?,25+/m0/s1. The lowest BCUT2D eigenvalue weighted by Gasteiger charge is -2.32. The maximum atomic E-state index is 14.2. The first-order chi connectivity index (χ1) is 17.2. The average Bonchev–Trinajstić information content (AvgIpc) is 3.33. The van der Waals surface area contributed by atoms with Crippen LogP contribution in [0.2, 0.25) is 0 Å². The number of rotatable bonds is 5. The molecule has 2 unspecified atom stereocenters. The smallest absolute Gasteiger partial charge is 0.417 e. The van der Waals surface area contributed by atoms with Crippen LogP contribution in [-0.4, -0.2) is 48.3 Å². The first-order valence-electron chi connectivity index (χ1n) is 11.8. The summed E-state index contributed by atoms with van der Waals surface area (Å²) >= 11 is 0. The van der Waals surface area contributed by atoms with Crippen molar-refractivity contribution >= 4 is 11.6 Å². The largest absolute Gasteiger partial charge is 0.496 e. The Kier molecular flexibility index (Phi) is 7.02. The number of carbonyl (C=O) groups excluding carboxylic acids is 1. The van der Waals surface area contributed by atoms with Crippen molar-refractivity contribution < 1.29 is 41.3 Å². The zero-order valence-electron chi connectivity index (χ0n) is 21.4. The molecule has 202 valence electrons. The van der Waals surface area contributed by atoms with E-state index in [1.54, 1.807) is 26.0 Å². The van der Waals surface area contributed by atoms with E-state index in [-0.39, 0.29) is 28.7 Å². The molecule has 1 N–H and O–H groups in total. The molecule has 5 atom stereocenters. The summed E-state index contributed by atoms with van der Waals surface area (Å²) in [5.41, 5.74) is -1.38. The lowest BCUT2D eigenvalue weighted by atomic mass is 9.76. The molecule has 7 nitrogen and oxygen atoms in total. The van der Waals surface area contributed by atoms with Gasteiger partial charge in [-0.2, -0.15) is 13.2 Å². The number of benzene rings is 1. The number of alkyl halides is 3. The third-order valence-corrected chi connectivity index (χ3v) is 7.25. The molecule has 2 aromatic rings. The van der Waals surface area contributed by atoms with E-state index in [2.05, 4.69) is 10.3 Å². The van der Waals surface area contributed by atoms with E-state index in [9.17, 15) is 22.4 Å². The van der Waals surface area contributed by atoms with Crippen molar-refractivity contribution in [2.45, 2.75) is 70.3 Å². The lowest BCUT2D eigenvalue weighted by molar-refractivity contribution is -0.272. The van der Waals surface area contributed by atoms with Gasteiger partial charge in [0.1, 0.15) is 23.8 Å². The fourth-order valence-corrected chi connectivity index (χ4v) is 4.96. The summed E-state index contributed by atoms with van der Waals surface area (Å²) in [5.74, 6) is -4.28. The zero-order chi connectivity index (χ0) is 27.3. The molecule has 1 amide bonds. The molecule has 1 aromatic heterocycles. The maximum Gasteiger partial charge on any atom is 0.417 e. The second-order valence-electron chi connectivity index (χ2n) is 10.0. The van der Waals surface area contributed by atoms with Crippen molar-refractivity contribution in [2.75, 3.05) is 19.0 Å². The van der Waals surface area contributed by atoms with E-state index in [4.69, 9.17) is 18.9 Å². The molecule has 0 aliphatic carbocycles. The second-order valence-corrected chi connectivity index (χ2v) is 10.0. The second kappa shape index (κ2) is 9.52. The molecule has 11 heteroatoms. The first-order valence-corrected chi connectivity index (χ1v) is 11.8. The van der Waals surface area contributed by atoms with Crippen molar-refractivity contribution in [3.8, 4) is 5.75 Å². The van der Waals surface area contributed by atoms with Gasteiger partial charge in [0.25, 0.3) is 5.91 Å². The number of methoxy groups -OCH3 is 1. The molecule has 0 radical (unpaired) electrons. The van der Waals surface area contributed by atoms with Crippen LogP contribution in [0.15, 0.2) is 30.5 Å². The van der Waals surface area contributed by atoms with Crippen molar-refractivity contribution in [3.63, 3.8) is 0 Å². The normalized spacial score (nSPS) is 29.4. The lowest BCUT2D eigenvalue weighted by Crippen LogP contribution is -2.47. The third-order valence-electron chi connectivity index (χ3n) is 7.25. The Morgan fingerprint density at radius 1 is 1.16 bits per heavy atom. The van der Waals surface area contributed by atoms with Gasteiger partial charge in [-0.1, -0.05) is 13.0 Å². The van der Waals surface area contributed by atoms with Gasteiger partial charge in [0.2, 0.25) is 0 Å². The van der Waals surface area contributed by atoms with E-state index < -0.39 is 47.2 Å². The minimum absolute atomic E-state index is 0.0809. The molecule has 3 heterocycles. The monoisotopic (exact) mass is 526 g/mol. The summed E-state index contributed by atoms with van der Waals surface area (Å²) in [4.78, 5) is 17.7. The average molecular weight is 527 g/mol. The van der Waals surface area contributed by atoms with Gasteiger partial charge < -0.3 is 24.3 Å². The van der Waals surface area contributed by atoms with Crippen LogP contribution in [0.4, 0.5) is 23.2 Å². The summed E-state index contributed by atoms with van der Waals surface area (Å²) in [6, 6.07) is 5.72. The highest BCUT2D eigenvalue weighted by atomic mass is 19.4. The fourth-order valence-electron chi connectivity index (χ4n) is 4.96. The Labute approximate surface area is 212 Å². The number of amides is 1. The van der Waals surface area contributed by atoms with E-state index in [0.29, 0.717) is 12.3 Å². The molecule has 2 aliphatic rings. The van der Waals surface area contributed by atoms with Crippen LogP contribution >= 0.6 is 0 Å². The van der Waals surface area contributed by atoms with Crippen LogP contribution < -0.4 is 10.1 Å². The Bertz CT molecular complexity index is 1170. The highest BCUT2D eigenvalue weighted by molar-refractivity contribution is 5.95. The summed E-state index contributed by atoms with van der Waals surface area (Å²) in [7, 11) is 1.30. The van der Waals surface area contributed by atoms with Crippen molar-refractivity contribution in [1.82, 2.24) is 4.98 Å². The van der Waals surface area contributed by atoms with E-state index in [1.807, 2.05) is 0 Å². The van der Waals surface area contributed by atoms with Gasteiger partial charge in [-0.25, -0.2) is 4.39 Å². The van der Waals surface area contributed by atoms with Crippen LogP contribution in [0.3, 0.4) is 0 Å². The number of pyridine rings is 1. The fraction of sp³-hybridized carbons (Fsp3) is 0.538. The summed E-state index contributed by atoms with van der Waals surface area (Å²) in [6.45, 7) is 7.63. The van der Waals surface area contributed by atoms with Crippen molar-refractivity contribution in [2.24, 2.45) is 5.92 Å². The molecule has 1 aromatic carbocycles. The van der Waals surface area contributed by atoms with Gasteiger partial charge in [0, 0.05) is 23.0 Å². The Morgan fingerprint density at radius 3 is 2.41 bits per heavy atom. The van der Waals surface area contributed by atoms with Gasteiger partial charge in [0.05, 0.1) is 31.3 Å². The minimum atomic E-state index is -4.76. The summed E-state index contributed by atoms with van der Waals surface area (Å²) < 4.78 is 78.8. The third kappa shape index (κ3) is 4.92. The molecular weight excluding hydrogens is 496 g/mol. The molecule has 0 bridgehead atoms. The van der Waals surface area contributed by atoms with Gasteiger partial charge >= 0.3 is 6.18 Å². The molecule has 2 fully saturated rings. The predicted molar refractivity (Wildman–Crippen MR) is 126 cm³/mol. The van der Waals surface area contributed by atoms with E-state index >= 15 is 0 Å². The van der Waals surface area contributed by atoms with Gasteiger partial charge in [-0.05, 0) is 45.9 Å². The molecule has 0 saturated carbocycles. The molecule has 0 spiro atoms. The minimum Gasteiger partial charge on any atom is -0.496 e. The topological polar surface area (TPSA) is 78.9 Å². The Morgan fingerprint density at radius 2 is 1.86 bits per heavy atom. The molecular formula is C26H30F4N2O5. The maximum absolute atomic E-state index is 14.2. The van der Waals surface area contributed by atoms with Gasteiger partial charge in [-0.15, -0.1) is 0 Å². The zero-order valence-corrected chi connectivity index (χ0v) is 21.4. The molecule has 37 heavy (non-hydrogen) atoms. The molecule has 2 saturated heterocycles. The Hall–Kier alpha value is -2.76. The predicted octanol–water partition coefficient (Wildman–Crippen LogP) is 5.44. The highest BCUT2D eigenvalue weighted by Crippen LogP contribution is 2.55. The molecule has 2 aliphatic heterocycles. The van der Waals surface area contributed by atoms with Crippen LogP contribution in [0.1, 0.15) is 56.5 Å². The molecule has 4 rings (SSSR count). The number of hydrogen-bond acceptors (Lipinski definition) is 6. The number of nitrogens with zero attached hydrogens (tertiary/aromatic N) is 1. The van der Waals surface area contributed by atoms with Crippen LogP contribution in [-0.2, 0) is 19.0 Å². The summed E-state index contributed by atoms with van der Waals surface area (Å²) in [6.07, 6.45) is -5.29. The number of nitrogens with one attached hydrogen (secondary N) is 1. The number of aromatic nitrogens is 1. The summed E-state index contributed by atoms with van der Waals surface area (Å²) in [5, 5.41) is 2.61. The van der Waals surface area contributed by atoms with E-state index in [1.165, 1.54) is 33.2 Å². The van der Waals surface area contributed by atoms with Gasteiger partial charge in [-0.3, -0.25) is 9.78 Å². The number of anilines is 1. The number of hydrogen-bond donors (Lipinski definition) is 1. The van der Waals surface area contributed by atoms with Crippen LogP contribution in [0.5, 0.6) is 5.75 Å². The Balaban J connectivity index is 1.64. The van der Waals surface area contributed by atoms with Crippen molar-refractivity contribution in [3.05, 3.63) is 53.1 Å². The quantitative estimate of drug-likeness (QED) is 0.523. The first kappa shape index (κ1) is 27.3. The number of ether oxygens (including phenoxy) is 4. The van der Waals surface area contributed by atoms with Crippen molar-refractivity contribution in [1.29, 1.82) is 0 Å². The SMILES string of the molecule is COc1c(C2C(C(=O)Nc3ccc([C@H]4COC(C)(C)O4)nc3)O[C@@](C)(C(F)(F)F)[C@H]2C)ccc(F)c1C. The number of halogens is 4.